The summed E-state index contributed by atoms with van der Waals surface area (Å²) in [5, 5.41) is 4.19. The van der Waals surface area contributed by atoms with Crippen molar-refractivity contribution in [3.05, 3.63) is 18.0 Å². The van der Waals surface area contributed by atoms with Gasteiger partial charge < -0.3 is 0 Å². The molecule has 0 N–H and O–H groups in total. The van der Waals surface area contributed by atoms with Crippen LogP contribution in [0.1, 0.15) is 26.5 Å². The largest absolute Gasteiger partial charge is 0.271 e. The van der Waals surface area contributed by atoms with Gasteiger partial charge in [0.1, 0.15) is 5.69 Å². The molecular weight excluding hydrogens is 148 g/mol. The van der Waals surface area contributed by atoms with Crippen LogP contribution in [-0.2, 0) is 6.54 Å². The zero-order valence-corrected chi connectivity index (χ0v) is 7.83. The molecule has 1 aromatic heterocycles. The highest BCUT2D eigenvalue weighted by Gasteiger charge is 2.11. The quantitative estimate of drug-likeness (QED) is 0.577. The fraction of sp³-hybridized carbons (Fsp3) is 0.500. The maximum absolute atomic E-state index is 5.20. The van der Waals surface area contributed by atoms with Crippen LogP contribution in [0, 0.1) is 17.8 Å². The molecule has 0 atom stereocenters. The Balaban J connectivity index is 2.72. The molecule has 0 aromatic carbocycles. The second-order valence-corrected chi connectivity index (χ2v) is 4.10. The lowest BCUT2D eigenvalue weighted by atomic mass is 9.97. The zero-order chi connectivity index (χ0) is 9.19. The van der Waals surface area contributed by atoms with Gasteiger partial charge in [-0.3, -0.25) is 4.68 Å². The summed E-state index contributed by atoms with van der Waals surface area (Å²) in [4.78, 5) is 0. The number of hydrogen-bond acceptors (Lipinski definition) is 1. The molecule has 1 aromatic rings. The van der Waals surface area contributed by atoms with E-state index in [0.717, 1.165) is 6.54 Å². The fourth-order valence-corrected chi connectivity index (χ4v) is 1.01. The van der Waals surface area contributed by atoms with Crippen LogP contribution in [0.3, 0.4) is 0 Å². The van der Waals surface area contributed by atoms with E-state index < -0.39 is 0 Å². The third-order valence-electron chi connectivity index (χ3n) is 1.42. The zero-order valence-electron chi connectivity index (χ0n) is 7.83. The predicted molar refractivity (Wildman–Crippen MR) is 49.6 cm³/mol. The van der Waals surface area contributed by atoms with Crippen LogP contribution >= 0.6 is 0 Å². The van der Waals surface area contributed by atoms with Crippen molar-refractivity contribution >= 4 is 0 Å². The Morgan fingerprint density at radius 3 is 2.67 bits per heavy atom. The Kier molecular flexibility index (Phi) is 2.23. The van der Waals surface area contributed by atoms with Crippen molar-refractivity contribution in [2.24, 2.45) is 5.41 Å². The maximum Gasteiger partial charge on any atom is 0.134 e. The molecule has 0 aliphatic carbocycles. The van der Waals surface area contributed by atoms with E-state index in [1.54, 1.807) is 0 Å². The Labute approximate surface area is 73.6 Å². The minimum atomic E-state index is 0.248. The third-order valence-corrected chi connectivity index (χ3v) is 1.42. The van der Waals surface area contributed by atoms with Crippen molar-refractivity contribution in [1.29, 1.82) is 0 Å². The van der Waals surface area contributed by atoms with E-state index in [0.29, 0.717) is 5.69 Å². The Hall–Kier alpha value is -1.23. The second-order valence-electron chi connectivity index (χ2n) is 4.10. The Morgan fingerprint density at radius 1 is 1.58 bits per heavy atom. The third kappa shape index (κ3) is 2.43. The lowest BCUT2D eigenvalue weighted by Crippen LogP contribution is -2.15. The van der Waals surface area contributed by atoms with Crippen LogP contribution in [-0.4, -0.2) is 9.78 Å². The molecule has 64 valence electrons. The standard InChI is InChI=1S/C10H14N2/c1-5-9-6-7-12(11-9)8-10(2,3)4/h1,6-7H,8H2,2-4H3. The van der Waals surface area contributed by atoms with Crippen molar-refractivity contribution in [3.8, 4) is 12.3 Å². The molecule has 0 unspecified atom stereocenters. The van der Waals surface area contributed by atoms with E-state index in [4.69, 9.17) is 6.42 Å². The molecule has 2 nitrogen and oxygen atoms in total. The van der Waals surface area contributed by atoms with Gasteiger partial charge in [-0.25, -0.2) is 0 Å². The Bertz CT molecular complexity index is 296. The minimum absolute atomic E-state index is 0.248. The van der Waals surface area contributed by atoms with Gasteiger partial charge in [0.25, 0.3) is 0 Å². The van der Waals surface area contributed by atoms with Gasteiger partial charge >= 0.3 is 0 Å². The van der Waals surface area contributed by atoms with Crippen LogP contribution in [0.5, 0.6) is 0 Å². The molecule has 1 heterocycles. The number of terminal acetylenes is 1. The van der Waals surface area contributed by atoms with Gasteiger partial charge in [-0.1, -0.05) is 20.8 Å². The molecule has 0 bridgehead atoms. The first kappa shape index (κ1) is 8.86. The van der Waals surface area contributed by atoms with E-state index in [9.17, 15) is 0 Å². The van der Waals surface area contributed by atoms with Crippen LogP contribution in [0.2, 0.25) is 0 Å². The van der Waals surface area contributed by atoms with E-state index in [-0.39, 0.29) is 5.41 Å². The van der Waals surface area contributed by atoms with Crippen molar-refractivity contribution in [1.82, 2.24) is 9.78 Å². The lowest BCUT2D eigenvalue weighted by molar-refractivity contribution is 0.325. The van der Waals surface area contributed by atoms with Crippen molar-refractivity contribution in [2.45, 2.75) is 27.3 Å². The summed E-state index contributed by atoms with van der Waals surface area (Å²) in [6, 6.07) is 1.85. The van der Waals surface area contributed by atoms with E-state index in [1.807, 2.05) is 16.9 Å². The molecule has 0 saturated heterocycles. The molecule has 1 rings (SSSR count). The highest BCUT2D eigenvalue weighted by Crippen LogP contribution is 2.15. The fourth-order valence-electron chi connectivity index (χ4n) is 1.01. The van der Waals surface area contributed by atoms with E-state index in [1.165, 1.54) is 0 Å². The number of nitrogens with zero attached hydrogens (tertiary/aromatic N) is 2. The molecule has 2 heteroatoms. The molecule has 0 amide bonds. The monoisotopic (exact) mass is 162 g/mol. The topological polar surface area (TPSA) is 17.8 Å². The molecule has 0 spiro atoms. The molecule has 0 aliphatic rings. The van der Waals surface area contributed by atoms with Crippen LogP contribution in [0.4, 0.5) is 0 Å². The van der Waals surface area contributed by atoms with Gasteiger partial charge in [-0.2, -0.15) is 5.10 Å². The summed E-state index contributed by atoms with van der Waals surface area (Å²) < 4.78 is 1.88. The summed E-state index contributed by atoms with van der Waals surface area (Å²) in [7, 11) is 0. The normalized spacial score (nSPS) is 11.2. The SMILES string of the molecule is C#Cc1ccn(CC(C)(C)C)n1. The van der Waals surface area contributed by atoms with Crippen molar-refractivity contribution in [2.75, 3.05) is 0 Å². The smallest absolute Gasteiger partial charge is 0.134 e. The van der Waals surface area contributed by atoms with Gasteiger partial charge in [0.05, 0.1) is 0 Å². The highest BCUT2D eigenvalue weighted by atomic mass is 15.3. The summed E-state index contributed by atoms with van der Waals surface area (Å²) in [5.41, 5.74) is 0.956. The molecule has 0 radical (unpaired) electrons. The van der Waals surface area contributed by atoms with Gasteiger partial charge in [0.2, 0.25) is 0 Å². The van der Waals surface area contributed by atoms with Crippen LogP contribution in [0.25, 0.3) is 0 Å². The summed E-state index contributed by atoms with van der Waals surface area (Å²) >= 11 is 0. The number of aromatic nitrogens is 2. The predicted octanol–water partition coefficient (Wildman–Crippen LogP) is 1.91. The first-order valence-corrected chi connectivity index (χ1v) is 4.01. The van der Waals surface area contributed by atoms with Crippen LogP contribution in [0.15, 0.2) is 12.3 Å². The maximum atomic E-state index is 5.20. The van der Waals surface area contributed by atoms with Gasteiger partial charge in [0.15, 0.2) is 0 Å². The highest BCUT2D eigenvalue weighted by molar-refractivity contribution is 5.21. The first-order chi connectivity index (χ1) is 5.51. The average molecular weight is 162 g/mol. The van der Waals surface area contributed by atoms with Crippen LogP contribution < -0.4 is 0 Å². The minimum Gasteiger partial charge on any atom is -0.271 e. The number of rotatable bonds is 1. The second kappa shape index (κ2) is 3.02. The van der Waals surface area contributed by atoms with Crippen molar-refractivity contribution < 1.29 is 0 Å². The van der Waals surface area contributed by atoms with Gasteiger partial charge in [-0.05, 0) is 17.4 Å². The summed E-state index contributed by atoms with van der Waals surface area (Å²) in [5.74, 6) is 2.50. The molecule has 0 fully saturated rings. The molecular formula is C10H14N2. The molecule has 0 saturated carbocycles. The summed E-state index contributed by atoms with van der Waals surface area (Å²) in [6.45, 7) is 7.41. The van der Waals surface area contributed by atoms with Gasteiger partial charge in [-0.15, -0.1) is 6.42 Å². The summed E-state index contributed by atoms with van der Waals surface area (Å²) in [6.07, 6.45) is 7.12. The first-order valence-electron chi connectivity index (χ1n) is 4.01. The van der Waals surface area contributed by atoms with E-state index >= 15 is 0 Å². The van der Waals surface area contributed by atoms with Crippen molar-refractivity contribution in [3.63, 3.8) is 0 Å². The number of hydrogen-bond donors (Lipinski definition) is 0. The molecule has 0 aliphatic heterocycles. The lowest BCUT2D eigenvalue weighted by Gasteiger charge is -2.17. The van der Waals surface area contributed by atoms with E-state index in [2.05, 4.69) is 31.8 Å². The molecule has 12 heavy (non-hydrogen) atoms. The Morgan fingerprint density at radius 2 is 2.25 bits per heavy atom. The average Bonchev–Trinajstić information content (AvgIpc) is 2.32. The van der Waals surface area contributed by atoms with Gasteiger partial charge in [0, 0.05) is 12.7 Å².